The van der Waals surface area contributed by atoms with Gasteiger partial charge < -0.3 is 9.72 Å². The molecule has 28 heavy (non-hydrogen) atoms. The van der Waals surface area contributed by atoms with Gasteiger partial charge in [0.15, 0.2) is 4.77 Å². The zero-order valence-corrected chi connectivity index (χ0v) is 16.4. The fourth-order valence-electron chi connectivity index (χ4n) is 3.99. The van der Waals surface area contributed by atoms with Crippen molar-refractivity contribution in [2.45, 2.75) is 30.9 Å². The van der Waals surface area contributed by atoms with Crippen molar-refractivity contribution in [3.05, 3.63) is 81.3 Å². The van der Waals surface area contributed by atoms with Crippen LogP contribution < -0.4 is 0 Å². The number of aromatic amines is 1. The molecule has 0 spiro atoms. The Kier molecular flexibility index (Phi) is 5.31. The minimum Gasteiger partial charge on any atom is -0.368 e. The van der Waals surface area contributed by atoms with Crippen LogP contribution in [-0.4, -0.2) is 21.4 Å². The molecule has 0 aliphatic carbocycles. The summed E-state index contributed by atoms with van der Waals surface area (Å²) in [5, 5.41) is 4.80. The second-order valence-corrected chi connectivity index (χ2v) is 7.62. The summed E-state index contributed by atoms with van der Waals surface area (Å²) in [6.07, 6.45) is 3.01. The zero-order valence-electron chi connectivity index (χ0n) is 14.9. The molecule has 1 aromatic heterocycles. The molecule has 0 bridgehead atoms. The summed E-state index contributed by atoms with van der Waals surface area (Å²) in [7, 11) is 0. The predicted octanol–water partition coefficient (Wildman–Crippen LogP) is 5.36. The summed E-state index contributed by atoms with van der Waals surface area (Å²) in [4.78, 5) is 2.85. The third-order valence-electron chi connectivity index (χ3n) is 5.23. The van der Waals surface area contributed by atoms with Crippen LogP contribution in [0.2, 0.25) is 5.02 Å². The van der Waals surface area contributed by atoms with Crippen molar-refractivity contribution in [2.75, 3.05) is 6.61 Å². The Morgan fingerprint density at radius 3 is 2.82 bits per heavy atom. The molecule has 1 N–H and O–H groups in total. The first kappa shape index (κ1) is 19.2. The second kappa shape index (κ2) is 7.73. The average molecular weight is 422 g/mol. The predicted molar refractivity (Wildman–Crippen MR) is 105 cm³/mol. The summed E-state index contributed by atoms with van der Waals surface area (Å²) in [5.74, 6) is -1.56. The molecule has 146 valence electrons. The quantitative estimate of drug-likeness (QED) is 0.576. The molecule has 3 aromatic rings. The summed E-state index contributed by atoms with van der Waals surface area (Å²) in [6, 6.07) is 11.0. The Labute approximate surface area is 171 Å². The molecule has 0 amide bonds. The van der Waals surface area contributed by atoms with Crippen molar-refractivity contribution in [1.82, 2.24) is 14.8 Å². The molecule has 4 nitrogen and oxygen atoms in total. The summed E-state index contributed by atoms with van der Waals surface area (Å²) < 4.78 is 36.8. The van der Waals surface area contributed by atoms with Crippen LogP contribution in [0.5, 0.6) is 0 Å². The van der Waals surface area contributed by atoms with Crippen LogP contribution in [0.4, 0.5) is 8.78 Å². The number of hydrogen-bond acceptors (Lipinski definition) is 3. The highest BCUT2D eigenvalue weighted by molar-refractivity contribution is 7.71. The van der Waals surface area contributed by atoms with E-state index in [1.54, 1.807) is 10.7 Å². The molecule has 0 radical (unpaired) electrons. The molecular weight excluding hydrogens is 404 g/mol. The maximum Gasteiger partial charge on any atom is 0.195 e. The lowest BCUT2D eigenvalue weighted by molar-refractivity contribution is -0.115. The number of hydrogen-bond donors (Lipinski definition) is 1. The largest absolute Gasteiger partial charge is 0.368 e. The maximum atomic E-state index is 15.0. The first-order valence-corrected chi connectivity index (χ1v) is 9.74. The maximum absolute atomic E-state index is 15.0. The number of nitrogens with one attached hydrogen (secondary N) is 1. The Balaban J connectivity index is 1.93. The molecular formula is C20H18ClF2N3OS. The van der Waals surface area contributed by atoms with Gasteiger partial charge in [0, 0.05) is 29.2 Å². The van der Waals surface area contributed by atoms with E-state index >= 15 is 0 Å². The monoisotopic (exact) mass is 421 g/mol. The second-order valence-electron chi connectivity index (χ2n) is 6.83. The minimum absolute atomic E-state index is 0.174. The molecule has 1 aliphatic rings. The number of aromatic nitrogens is 3. The van der Waals surface area contributed by atoms with Crippen LogP contribution in [0, 0.1) is 16.4 Å². The Hall–Kier alpha value is -2.09. The fraction of sp³-hybridized carbons (Fsp3) is 0.300. The van der Waals surface area contributed by atoms with Gasteiger partial charge in [-0.25, -0.2) is 13.5 Å². The van der Waals surface area contributed by atoms with Crippen LogP contribution >= 0.6 is 23.8 Å². The van der Waals surface area contributed by atoms with Crippen molar-refractivity contribution < 1.29 is 13.5 Å². The molecule has 1 aliphatic heterocycles. The van der Waals surface area contributed by atoms with E-state index in [0.717, 1.165) is 24.5 Å². The van der Waals surface area contributed by atoms with Gasteiger partial charge in [-0.15, -0.1) is 0 Å². The van der Waals surface area contributed by atoms with Gasteiger partial charge in [0.2, 0.25) is 0 Å². The SMILES string of the molecule is Fc1ccc([C@]2(Cn3nc[nH]c3=S)OCCC[C@@H]2c2ccccc2Cl)c(F)c1. The fourth-order valence-corrected chi connectivity index (χ4v) is 4.43. The van der Waals surface area contributed by atoms with Gasteiger partial charge in [0.1, 0.15) is 23.6 Å². The molecule has 2 aromatic carbocycles. The summed E-state index contributed by atoms with van der Waals surface area (Å²) in [6.45, 7) is 0.614. The first-order chi connectivity index (χ1) is 13.5. The van der Waals surface area contributed by atoms with Crippen molar-refractivity contribution in [2.24, 2.45) is 0 Å². The highest BCUT2D eigenvalue weighted by Crippen LogP contribution is 2.49. The van der Waals surface area contributed by atoms with E-state index in [9.17, 15) is 8.78 Å². The number of H-pyrrole nitrogens is 1. The summed E-state index contributed by atoms with van der Waals surface area (Å²) >= 11 is 11.8. The highest BCUT2D eigenvalue weighted by atomic mass is 35.5. The smallest absolute Gasteiger partial charge is 0.195 e. The third-order valence-corrected chi connectivity index (χ3v) is 5.90. The molecule has 0 saturated carbocycles. The molecule has 2 atom stereocenters. The van der Waals surface area contributed by atoms with E-state index < -0.39 is 17.2 Å². The van der Waals surface area contributed by atoms with E-state index in [4.69, 9.17) is 28.6 Å². The lowest BCUT2D eigenvalue weighted by Crippen LogP contribution is -2.45. The van der Waals surface area contributed by atoms with E-state index in [1.165, 1.54) is 18.5 Å². The normalized spacial score (nSPS) is 22.3. The van der Waals surface area contributed by atoms with Gasteiger partial charge in [0.25, 0.3) is 0 Å². The first-order valence-electron chi connectivity index (χ1n) is 8.96. The van der Waals surface area contributed by atoms with Crippen LogP contribution in [-0.2, 0) is 16.9 Å². The lowest BCUT2D eigenvalue weighted by Gasteiger charge is -2.45. The molecule has 2 heterocycles. The Morgan fingerprint density at radius 1 is 1.29 bits per heavy atom. The van der Waals surface area contributed by atoms with E-state index in [2.05, 4.69) is 10.1 Å². The minimum atomic E-state index is -1.13. The number of ether oxygens (including phenoxy) is 1. The number of rotatable bonds is 4. The van der Waals surface area contributed by atoms with Crippen LogP contribution in [0.25, 0.3) is 0 Å². The molecule has 1 saturated heterocycles. The van der Waals surface area contributed by atoms with Gasteiger partial charge >= 0.3 is 0 Å². The van der Waals surface area contributed by atoms with Crippen molar-refractivity contribution in [1.29, 1.82) is 0 Å². The Bertz CT molecular complexity index is 1050. The molecule has 4 rings (SSSR count). The van der Waals surface area contributed by atoms with E-state index in [1.807, 2.05) is 18.2 Å². The summed E-state index contributed by atoms with van der Waals surface area (Å²) in [5.41, 5.74) is -0.00730. The van der Waals surface area contributed by atoms with Gasteiger partial charge in [-0.3, -0.25) is 0 Å². The van der Waals surface area contributed by atoms with Crippen molar-refractivity contribution in [3.63, 3.8) is 0 Å². The van der Waals surface area contributed by atoms with Crippen LogP contribution in [0.15, 0.2) is 48.8 Å². The number of halogens is 3. The van der Waals surface area contributed by atoms with Gasteiger partial charge in [-0.2, -0.15) is 5.10 Å². The lowest BCUT2D eigenvalue weighted by atomic mass is 9.73. The zero-order chi connectivity index (χ0) is 19.7. The molecule has 1 fully saturated rings. The van der Waals surface area contributed by atoms with E-state index in [0.29, 0.717) is 16.4 Å². The highest BCUT2D eigenvalue weighted by Gasteiger charge is 2.47. The molecule has 0 unspecified atom stereocenters. The van der Waals surface area contributed by atoms with Crippen molar-refractivity contribution in [3.8, 4) is 0 Å². The van der Waals surface area contributed by atoms with E-state index in [-0.39, 0.29) is 18.0 Å². The Morgan fingerprint density at radius 2 is 2.11 bits per heavy atom. The average Bonchev–Trinajstić information content (AvgIpc) is 3.07. The van der Waals surface area contributed by atoms with Gasteiger partial charge in [0.05, 0.1) is 6.54 Å². The van der Waals surface area contributed by atoms with Crippen molar-refractivity contribution >= 4 is 23.8 Å². The van der Waals surface area contributed by atoms with Crippen LogP contribution in [0.3, 0.4) is 0 Å². The third kappa shape index (κ3) is 3.38. The standard InChI is InChI=1S/C20H18ClF2N3OS/c21-17-6-2-1-4-14(17)15-5-3-9-27-20(15,11-26-19(28)24-12-25-26)16-8-7-13(22)10-18(16)23/h1-2,4,6-8,10,12,15H,3,5,9,11H2,(H,24,25,28)/t15-,20-/m1/s1. The van der Waals surface area contributed by atoms with Gasteiger partial charge in [-0.05, 0) is 42.8 Å². The van der Waals surface area contributed by atoms with Gasteiger partial charge in [-0.1, -0.05) is 35.9 Å². The van der Waals surface area contributed by atoms with Crippen LogP contribution in [0.1, 0.15) is 29.9 Å². The molecule has 8 heteroatoms. The number of nitrogens with zero attached hydrogens (tertiary/aromatic N) is 2. The number of benzene rings is 2. The topological polar surface area (TPSA) is 42.8 Å².